The van der Waals surface area contributed by atoms with E-state index in [4.69, 9.17) is 0 Å². The number of benzene rings is 2. The van der Waals surface area contributed by atoms with Crippen molar-refractivity contribution in [1.29, 1.82) is 0 Å². The molecule has 28 heavy (non-hydrogen) atoms. The van der Waals surface area contributed by atoms with Gasteiger partial charge in [-0.15, -0.1) is 0 Å². The summed E-state index contributed by atoms with van der Waals surface area (Å²) in [5, 5.41) is 5.70. The molecule has 148 valence electrons. The lowest BCUT2D eigenvalue weighted by atomic mass is 9.87. The largest absolute Gasteiger partial charge is 0.356 e. The average Bonchev–Trinajstić information content (AvgIpc) is 3.44. The van der Waals surface area contributed by atoms with E-state index in [0.717, 1.165) is 5.69 Å². The van der Waals surface area contributed by atoms with Gasteiger partial charge in [-0.1, -0.05) is 51.1 Å². The molecule has 2 aromatic rings. The van der Waals surface area contributed by atoms with Crippen LogP contribution in [0, 0.1) is 17.7 Å². The van der Waals surface area contributed by atoms with Crippen LogP contribution in [0.25, 0.3) is 0 Å². The molecule has 0 radical (unpaired) electrons. The number of rotatable bonds is 6. The standard InChI is InChI=1S/C23H27FN2O2/c1-23(2,3)16-8-10-17(11-9-16)26-22(28)19-14-18(19)21(27)25-13-12-15-6-4-5-7-20(15)24/h4-11,18-19H,12-14H2,1-3H3,(H,25,27)(H,26,28). The molecule has 1 aliphatic rings. The average molecular weight is 382 g/mol. The van der Waals surface area contributed by atoms with Crippen LogP contribution in [0.3, 0.4) is 0 Å². The highest BCUT2D eigenvalue weighted by Crippen LogP contribution is 2.39. The van der Waals surface area contributed by atoms with E-state index in [9.17, 15) is 14.0 Å². The van der Waals surface area contributed by atoms with Crippen molar-refractivity contribution in [1.82, 2.24) is 5.32 Å². The van der Waals surface area contributed by atoms with Gasteiger partial charge in [-0.25, -0.2) is 4.39 Å². The minimum atomic E-state index is -0.297. The molecule has 1 saturated carbocycles. The molecule has 0 bridgehead atoms. The molecule has 2 N–H and O–H groups in total. The number of anilines is 1. The third kappa shape index (κ3) is 4.97. The highest BCUT2D eigenvalue weighted by molar-refractivity contribution is 5.99. The van der Waals surface area contributed by atoms with Crippen LogP contribution in [0.5, 0.6) is 0 Å². The predicted molar refractivity (Wildman–Crippen MR) is 108 cm³/mol. The van der Waals surface area contributed by atoms with Gasteiger partial charge in [-0.05, 0) is 47.6 Å². The van der Waals surface area contributed by atoms with Crippen LogP contribution in [0.15, 0.2) is 48.5 Å². The number of carbonyl (C=O) groups excluding carboxylic acids is 2. The van der Waals surface area contributed by atoms with E-state index in [0.29, 0.717) is 24.9 Å². The molecule has 2 atom stereocenters. The summed E-state index contributed by atoms with van der Waals surface area (Å²) in [7, 11) is 0. The molecule has 0 aliphatic heterocycles. The maximum absolute atomic E-state index is 13.6. The van der Waals surface area contributed by atoms with Gasteiger partial charge in [0.05, 0.1) is 11.8 Å². The predicted octanol–water partition coefficient (Wildman–Crippen LogP) is 4.06. The Balaban J connectivity index is 1.44. The van der Waals surface area contributed by atoms with E-state index in [-0.39, 0.29) is 34.9 Å². The lowest BCUT2D eigenvalue weighted by molar-refractivity contribution is -0.125. The molecule has 2 amide bonds. The van der Waals surface area contributed by atoms with Crippen molar-refractivity contribution in [3.63, 3.8) is 0 Å². The molecule has 1 fully saturated rings. The molecule has 3 rings (SSSR count). The fourth-order valence-electron chi connectivity index (χ4n) is 3.22. The quantitative estimate of drug-likeness (QED) is 0.792. The molecular formula is C23H27FN2O2. The molecule has 0 spiro atoms. The van der Waals surface area contributed by atoms with Gasteiger partial charge in [-0.3, -0.25) is 9.59 Å². The SMILES string of the molecule is CC(C)(C)c1ccc(NC(=O)C2CC2C(=O)NCCc2ccccc2F)cc1. The molecule has 1 aliphatic carbocycles. The van der Waals surface area contributed by atoms with E-state index in [2.05, 4.69) is 31.4 Å². The first kappa shape index (κ1) is 20.1. The fraction of sp³-hybridized carbons (Fsp3) is 0.391. The summed E-state index contributed by atoms with van der Waals surface area (Å²) in [5.41, 5.74) is 2.57. The summed E-state index contributed by atoms with van der Waals surface area (Å²) in [4.78, 5) is 24.6. The summed E-state index contributed by atoms with van der Waals surface area (Å²) in [6, 6.07) is 14.3. The van der Waals surface area contributed by atoms with Crippen molar-refractivity contribution in [2.75, 3.05) is 11.9 Å². The summed E-state index contributed by atoms with van der Waals surface area (Å²) in [6.45, 7) is 6.78. The van der Waals surface area contributed by atoms with E-state index >= 15 is 0 Å². The second-order valence-corrected chi connectivity index (χ2v) is 8.40. The monoisotopic (exact) mass is 382 g/mol. The maximum atomic E-state index is 13.6. The minimum Gasteiger partial charge on any atom is -0.356 e. The zero-order valence-corrected chi connectivity index (χ0v) is 16.6. The van der Waals surface area contributed by atoms with Crippen LogP contribution in [0.4, 0.5) is 10.1 Å². The molecule has 2 aromatic carbocycles. The molecule has 5 heteroatoms. The third-order valence-electron chi connectivity index (χ3n) is 5.13. The lowest BCUT2D eigenvalue weighted by Crippen LogP contribution is -2.29. The Labute approximate surface area is 165 Å². The second kappa shape index (κ2) is 8.13. The van der Waals surface area contributed by atoms with Crippen molar-refractivity contribution < 1.29 is 14.0 Å². The molecule has 2 unspecified atom stereocenters. The number of nitrogens with one attached hydrogen (secondary N) is 2. The Hall–Kier alpha value is -2.69. The van der Waals surface area contributed by atoms with Crippen LogP contribution in [-0.2, 0) is 21.4 Å². The first-order chi connectivity index (χ1) is 13.3. The number of hydrogen-bond acceptors (Lipinski definition) is 2. The Morgan fingerprint density at radius 1 is 1.00 bits per heavy atom. The summed E-state index contributed by atoms with van der Waals surface area (Å²) < 4.78 is 13.6. The first-order valence-electron chi connectivity index (χ1n) is 9.68. The molecular weight excluding hydrogens is 355 g/mol. The summed E-state index contributed by atoms with van der Waals surface area (Å²) in [6.07, 6.45) is 0.986. The van der Waals surface area contributed by atoms with Gasteiger partial charge in [0.2, 0.25) is 11.8 Å². The number of hydrogen-bond donors (Lipinski definition) is 2. The molecule has 0 aromatic heterocycles. The Bertz CT molecular complexity index is 856. The van der Waals surface area contributed by atoms with Crippen LogP contribution < -0.4 is 10.6 Å². The van der Waals surface area contributed by atoms with Gasteiger partial charge >= 0.3 is 0 Å². The first-order valence-corrected chi connectivity index (χ1v) is 9.68. The van der Waals surface area contributed by atoms with E-state index in [1.54, 1.807) is 18.2 Å². The van der Waals surface area contributed by atoms with Crippen LogP contribution in [0.1, 0.15) is 38.3 Å². The number of carbonyl (C=O) groups is 2. The van der Waals surface area contributed by atoms with Crippen LogP contribution in [0.2, 0.25) is 0 Å². The third-order valence-corrected chi connectivity index (χ3v) is 5.13. The fourth-order valence-corrected chi connectivity index (χ4v) is 3.22. The molecule has 0 saturated heterocycles. The smallest absolute Gasteiger partial charge is 0.228 e. The van der Waals surface area contributed by atoms with Gasteiger partial charge in [0.1, 0.15) is 5.82 Å². The molecule has 4 nitrogen and oxygen atoms in total. The summed E-state index contributed by atoms with van der Waals surface area (Å²) >= 11 is 0. The second-order valence-electron chi connectivity index (χ2n) is 8.40. The van der Waals surface area contributed by atoms with E-state index in [1.165, 1.54) is 11.6 Å². The number of halogens is 1. The van der Waals surface area contributed by atoms with Crippen molar-refractivity contribution >= 4 is 17.5 Å². The van der Waals surface area contributed by atoms with Crippen LogP contribution >= 0.6 is 0 Å². The van der Waals surface area contributed by atoms with Crippen molar-refractivity contribution in [2.24, 2.45) is 11.8 Å². The van der Waals surface area contributed by atoms with E-state index < -0.39 is 0 Å². The van der Waals surface area contributed by atoms with Gasteiger partial charge in [0.15, 0.2) is 0 Å². The zero-order valence-electron chi connectivity index (χ0n) is 16.6. The summed E-state index contributed by atoms with van der Waals surface area (Å²) in [5.74, 6) is -1.12. The maximum Gasteiger partial charge on any atom is 0.228 e. The topological polar surface area (TPSA) is 58.2 Å². The minimum absolute atomic E-state index is 0.0604. The van der Waals surface area contributed by atoms with Gasteiger partial charge < -0.3 is 10.6 Å². The Morgan fingerprint density at radius 2 is 1.64 bits per heavy atom. The number of amides is 2. The van der Waals surface area contributed by atoms with Gasteiger partial charge in [0.25, 0.3) is 0 Å². The lowest BCUT2D eigenvalue weighted by Gasteiger charge is -2.19. The van der Waals surface area contributed by atoms with Gasteiger partial charge in [-0.2, -0.15) is 0 Å². The van der Waals surface area contributed by atoms with Crippen LogP contribution in [-0.4, -0.2) is 18.4 Å². The van der Waals surface area contributed by atoms with Crippen molar-refractivity contribution in [3.05, 3.63) is 65.5 Å². The molecule has 0 heterocycles. The highest BCUT2D eigenvalue weighted by atomic mass is 19.1. The van der Waals surface area contributed by atoms with Gasteiger partial charge in [0, 0.05) is 12.2 Å². The zero-order chi connectivity index (χ0) is 20.3. The Morgan fingerprint density at radius 3 is 2.29 bits per heavy atom. The van der Waals surface area contributed by atoms with Crippen molar-refractivity contribution in [2.45, 2.75) is 39.0 Å². The normalized spacial score (nSPS) is 18.4. The Kier molecular flexibility index (Phi) is 5.82. The highest BCUT2D eigenvalue weighted by Gasteiger charge is 2.47. The van der Waals surface area contributed by atoms with Crippen molar-refractivity contribution in [3.8, 4) is 0 Å². The van der Waals surface area contributed by atoms with E-state index in [1.807, 2.05) is 24.3 Å².